The van der Waals surface area contributed by atoms with E-state index in [1.54, 1.807) is 36.4 Å². The van der Waals surface area contributed by atoms with Crippen molar-refractivity contribution in [3.63, 3.8) is 0 Å². The van der Waals surface area contributed by atoms with Gasteiger partial charge in [-0.25, -0.2) is 9.37 Å². The van der Waals surface area contributed by atoms with Gasteiger partial charge >= 0.3 is 0 Å². The number of amides is 1. The van der Waals surface area contributed by atoms with Crippen LogP contribution < -0.4 is 5.32 Å². The number of fused-ring (bicyclic) bond motifs is 1. The number of nitrogens with zero attached hydrogens (tertiary/aromatic N) is 1. The van der Waals surface area contributed by atoms with Crippen LogP contribution in [0.2, 0.25) is 5.15 Å². The molecule has 0 radical (unpaired) electrons. The Morgan fingerprint density at radius 1 is 1.05 bits per heavy atom. The van der Waals surface area contributed by atoms with Crippen LogP contribution in [0.3, 0.4) is 0 Å². The minimum absolute atomic E-state index is 0.324. The molecule has 2 aromatic carbocycles. The average Bonchev–Trinajstić information content (AvgIpc) is 2.50. The van der Waals surface area contributed by atoms with E-state index >= 15 is 0 Å². The number of carbonyl (C=O) groups is 1. The third kappa shape index (κ3) is 2.71. The molecule has 0 aliphatic carbocycles. The summed E-state index contributed by atoms with van der Waals surface area (Å²) in [6.45, 7) is 0. The molecule has 104 valence electrons. The van der Waals surface area contributed by atoms with E-state index in [2.05, 4.69) is 10.3 Å². The Labute approximate surface area is 125 Å². The molecule has 3 nitrogen and oxygen atoms in total. The highest BCUT2D eigenvalue weighted by Crippen LogP contribution is 2.22. The summed E-state index contributed by atoms with van der Waals surface area (Å²) in [5.74, 6) is -0.675. The van der Waals surface area contributed by atoms with Gasteiger partial charge in [-0.3, -0.25) is 4.79 Å². The number of nitrogens with one attached hydrogen (secondary N) is 1. The highest BCUT2D eigenvalue weighted by Gasteiger charge is 2.12. The summed E-state index contributed by atoms with van der Waals surface area (Å²) in [5.41, 5.74) is 0.930. The van der Waals surface area contributed by atoms with E-state index in [0.29, 0.717) is 27.2 Å². The monoisotopic (exact) mass is 300 g/mol. The third-order valence-electron chi connectivity index (χ3n) is 3.10. The van der Waals surface area contributed by atoms with Crippen molar-refractivity contribution in [2.24, 2.45) is 0 Å². The number of halogens is 2. The molecule has 0 aliphatic heterocycles. The maximum atomic E-state index is 13.7. The first-order chi connectivity index (χ1) is 10.1. The van der Waals surface area contributed by atoms with Crippen LogP contribution in [-0.2, 0) is 0 Å². The second kappa shape index (κ2) is 5.50. The molecule has 0 atom stereocenters. The summed E-state index contributed by atoms with van der Waals surface area (Å²) >= 11 is 5.70. The topological polar surface area (TPSA) is 42.0 Å². The molecule has 0 aliphatic rings. The molecule has 3 rings (SSSR count). The van der Waals surface area contributed by atoms with E-state index in [4.69, 9.17) is 11.6 Å². The van der Waals surface area contributed by atoms with Crippen LogP contribution in [0.15, 0.2) is 54.7 Å². The molecule has 1 heterocycles. The second-order valence-corrected chi connectivity index (χ2v) is 4.85. The van der Waals surface area contributed by atoms with Crippen LogP contribution in [0.4, 0.5) is 10.1 Å². The van der Waals surface area contributed by atoms with Crippen molar-refractivity contribution in [2.45, 2.75) is 0 Å². The number of hydrogen-bond acceptors (Lipinski definition) is 2. The molecule has 21 heavy (non-hydrogen) atoms. The number of hydrogen-bond donors (Lipinski definition) is 1. The van der Waals surface area contributed by atoms with Crippen molar-refractivity contribution >= 4 is 34.0 Å². The Morgan fingerprint density at radius 3 is 2.52 bits per heavy atom. The van der Waals surface area contributed by atoms with Crippen LogP contribution in [0.25, 0.3) is 10.8 Å². The van der Waals surface area contributed by atoms with Crippen molar-refractivity contribution in [1.29, 1.82) is 0 Å². The number of benzene rings is 2. The highest BCUT2D eigenvalue weighted by atomic mass is 35.5. The van der Waals surface area contributed by atoms with Gasteiger partial charge in [0.15, 0.2) is 0 Å². The van der Waals surface area contributed by atoms with Crippen LogP contribution in [0.5, 0.6) is 0 Å². The van der Waals surface area contributed by atoms with E-state index in [-0.39, 0.29) is 11.7 Å². The zero-order chi connectivity index (χ0) is 14.8. The zero-order valence-electron chi connectivity index (χ0n) is 10.8. The summed E-state index contributed by atoms with van der Waals surface area (Å²) in [6, 6.07) is 12.9. The van der Waals surface area contributed by atoms with Gasteiger partial charge in [0, 0.05) is 10.9 Å². The Balaban J connectivity index is 1.98. The maximum Gasteiger partial charge on any atom is 0.256 e. The maximum absolute atomic E-state index is 13.7. The first kappa shape index (κ1) is 13.5. The van der Waals surface area contributed by atoms with E-state index in [9.17, 15) is 9.18 Å². The van der Waals surface area contributed by atoms with Crippen molar-refractivity contribution in [3.05, 3.63) is 71.3 Å². The standard InChI is InChI=1S/C16H10ClFN2O/c17-15-8-5-10(9-19-15)20-16(21)13-6-7-14(18)12-4-2-1-3-11(12)13/h1-9H,(H,20,21). The lowest BCUT2D eigenvalue weighted by molar-refractivity contribution is 0.102. The second-order valence-electron chi connectivity index (χ2n) is 4.46. The van der Waals surface area contributed by atoms with E-state index < -0.39 is 0 Å². The van der Waals surface area contributed by atoms with Crippen molar-refractivity contribution in [3.8, 4) is 0 Å². The molecule has 0 saturated carbocycles. The molecular weight excluding hydrogens is 291 g/mol. The van der Waals surface area contributed by atoms with Gasteiger partial charge in [0.05, 0.1) is 11.9 Å². The fourth-order valence-corrected chi connectivity index (χ4v) is 2.22. The van der Waals surface area contributed by atoms with E-state index in [1.165, 1.54) is 18.3 Å². The van der Waals surface area contributed by atoms with Gasteiger partial charge in [-0.05, 0) is 29.7 Å². The molecule has 1 N–H and O–H groups in total. The Bertz CT molecular complexity index is 818. The molecule has 1 aromatic heterocycles. The third-order valence-corrected chi connectivity index (χ3v) is 3.32. The number of pyridine rings is 1. The summed E-state index contributed by atoms with van der Waals surface area (Å²) < 4.78 is 13.7. The lowest BCUT2D eigenvalue weighted by Gasteiger charge is -2.08. The molecule has 0 bridgehead atoms. The molecule has 5 heteroatoms. The van der Waals surface area contributed by atoms with Gasteiger partial charge in [-0.2, -0.15) is 0 Å². The number of rotatable bonds is 2. The van der Waals surface area contributed by atoms with Crippen LogP contribution >= 0.6 is 11.6 Å². The van der Waals surface area contributed by atoms with Gasteiger partial charge in [-0.1, -0.05) is 35.9 Å². The van der Waals surface area contributed by atoms with Gasteiger partial charge in [0.2, 0.25) is 0 Å². The highest BCUT2D eigenvalue weighted by molar-refractivity contribution is 6.29. The molecular formula is C16H10ClFN2O. The van der Waals surface area contributed by atoms with E-state index in [1.807, 2.05) is 0 Å². The van der Waals surface area contributed by atoms with Gasteiger partial charge in [0.25, 0.3) is 5.91 Å². The Kier molecular flexibility index (Phi) is 3.54. The van der Waals surface area contributed by atoms with Crippen molar-refractivity contribution in [2.75, 3.05) is 5.32 Å². The first-order valence-electron chi connectivity index (χ1n) is 6.25. The van der Waals surface area contributed by atoms with Crippen molar-refractivity contribution < 1.29 is 9.18 Å². The number of carbonyl (C=O) groups excluding carboxylic acids is 1. The fraction of sp³-hybridized carbons (Fsp3) is 0. The summed E-state index contributed by atoms with van der Waals surface area (Å²) in [4.78, 5) is 16.2. The largest absolute Gasteiger partial charge is 0.321 e. The molecule has 0 unspecified atom stereocenters. The number of anilines is 1. The predicted molar refractivity (Wildman–Crippen MR) is 81.1 cm³/mol. The fourth-order valence-electron chi connectivity index (χ4n) is 2.11. The van der Waals surface area contributed by atoms with Crippen LogP contribution in [0, 0.1) is 5.82 Å². The lowest BCUT2D eigenvalue weighted by atomic mass is 10.0. The first-order valence-corrected chi connectivity index (χ1v) is 6.63. The van der Waals surface area contributed by atoms with E-state index in [0.717, 1.165) is 0 Å². The average molecular weight is 301 g/mol. The summed E-state index contributed by atoms with van der Waals surface area (Å²) in [7, 11) is 0. The van der Waals surface area contributed by atoms with Crippen LogP contribution in [0.1, 0.15) is 10.4 Å². The molecule has 0 spiro atoms. The SMILES string of the molecule is O=C(Nc1ccc(Cl)nc1)c1ccc(F)c2ccccc12. The van der Waals surface area contributed by atoms with Gasteiger partial charge < -0.3 is 5.32 Å². The number of aromatic nitrogens is 1. The Hall–Kier alpha value is -2.46. The quantitative estimate of drug-likeness (QED) is 0.718. The molecule has 1 amide bonds. The van der Waals surface area contributed by atoms with Gasteiger partial charge in [-0.15, -0.1) is 0 Å². The van der Waals surface area contributed by atoms with Crippen LogP contribution in [-0.4, -0.2) is 10.9 Å². The smallest absolute Gasteiger partial charge is 0.256 e. The normalized spacial score (nSPS) is 10.6. The van der Waals surface area contributed by atoms with Crippen molar-refractivity contribution in [1.82, 2.24) is 4.98 Å². The Morgan fingerprint density at radius 2 is 1.81 bits per heavy atom. The minimum atomic E-state index is -0.352. The zero-order valence-corrected chi connectivity index (χ0v) is 11.6. The molecule has 0 fully saturated rings. The predicted octanol–water partition coefficient (Wildman–Crippen LogP) is 4.28. The molecule has 3 aromatic rings. The summed E-state index contributed by atoms with van der Waals surface area (Å²) in [6.07, 6.45) is 1.46. The molecule has 0 saturated heterocycles. The van der Waals surface area contributed by atoms with Gasteiger partial charge in [0.1, 0.15) is 11.0 Å². The lowest BCUT2D eigenvalue weighted by Crippen LogP contribution is -2.12. The summed E-state index contributed by atoms with van der Waals surface area (Å²) in [5, 5.41) is 4.04. The minimum Gasteiger partial charge on any atom is -0.321 e.